The van der Waals surface area contributed by atoms with Gasteiger partial charge in [0.15, 0.2) is 0 Å². The largest absolute Gasteiger partial charge is 0.489 e. The van der Waals surface area contributed by atoms with E-state index >= 15 is 0 Å². The van der Waals surface area contributed by atoms with Gasteiger partial charge in [-0.05, 0) is 61.0 Å². The molecule has 1 amide bonds. The smallest absolute Gasteiger partial charge is 0.264 e. The molecular formula is C24H26N2O4S. The van der Waals surface area contributed by atoms with Gasteiger partial charge in [-0.2, -0.15) is 0 Å². The van der Waals surface area contributed by atoms with Gasteiger partial charge in [0.05, 0.1) is 10.6 Å². The molecule has 0 N–H and O–H groups in total. The lowest BCUT2D eigenvalue weighted by molar-refractivity contribution is 0.0827. The van der Waals surface area contributed by atoms with Crippen molar-refractivity contribution in [3.63, 3.8) is 0 Å². The molecule has 0 bridgehead atoms. The van der Waals surface area contributed by atoms with Gasteiger partial charge in [-0.15, -0.1) is 0 Å². The number of nitrogens with zero attached hydrogens (tertiary/aromatic N) is 2. The minimum atomic E-state index is -3.63. The van der Waals surface area contributed by atoms with E-state index in [2.05, 4.69) is 0 Å². The van der Waals surface area contributed by atoms with Crippen molar-refractivity contribution in [3.8, 4) is 5.75 Å². The number of carbonyl (C=O) groups is 1. The molecule has 0 aromatic heterocycles. The SMILES string of the molecule is Cc1ccc(S(=O)(=O)N(C)c2ccc(OCc3ccc(C(=O)N(C)C)cc3)cc2)cc1. The Bertz CT molecular complexity index is 1140. The monoisotopic (exact) mass is 438 g/mol. The van der Waals surface area contributed by atoms with Crippen molar-refractivity contribution >= 4 is 21.6 Å². The van der Waals surface area contributed by atoms with Crippen LogP contribution in [0.3, 0.4) is 0 Å². The first-order valence-corrected chi connectivity index (χ1v) is 11.2. The number of ether oxygens (including phenoxy) is 1. The molecule has 0 aliphatic heterocycles. The lowest BCUT2D eigenvalue weighted by Gasteiger charge is -2.20. The number of sulfonamides is 1. The van der Waals surface area contributed by atoms with Gasteiger partial charge in [-0.1, -0.05) is 29.8 Å². The highest BCUT2D eigenvalue weighted by Gasteiger charge is 2.21. The predicted molar refractivity (Wildman–Crippen MR) is 122 cm³/mol. The second-order valence-corrected chi connectivity index (χ2v) is 9.43. The van der Waals surface area contributed by atoms with Crippen LogP contribution < -0.4 is 9.04 Å². The average molecular weight is 439 g/mol. The van der Waals surface area contributed by atoms with Gasteiger partial charge >= 0.3 is 0 Å². The molecule has 3 aromatic rings. The molecule has 3 rings (SSSR count). The van der Waals surface area contributed by atoms with Crippen LogP contribution in [-0.2, 0) is 16.6 Å². The summed E-state index contributed by atoms with van der Waals surface area (Å²) in [5.41, 5.74) is 3.09. The van der Waals surface area contributed by atoms with Gasteiger partial charge < -0.3 is 9.64 Å². The van der Waals surface area contributed by atoms with Gasteiger partial charge in [-0.25, -0.2) is 8.42 Å². The molecule has 6 nitrogen and oxygen atoms in total. The Hall–Kier alpha value is -3.32. The van der Waals surface area contributed by atoms with Crippen molar-refractivity contribution in [1.82, 2.24) is 4.90 Å². The van der Waals surface area contributed by atoms with Gasteiger partial charge in [0.25, 0.3) is 15.9 Å². The first-order valence-electron chi connectivity index (χ1n) is 9.77. The van der Waals surface area contributed by atoms with Crippen molar-refractivity contribution < 1.29 is 17.9 Å². The number of hydrogen-bond donors (Lipinski definition) is 0. The fraction of sp³-hybridized carbons (Fsp3) is 0.208. The minimum Gasteiger partial charge on any atom is -0.489 e. The molecular weight excluding hydrogens is 412 g/mol. The van der Waals surface area contributed by atoms with Crippen LogP contribution in [0.1, 0.15) is 21.5 Å². The van der Waals surface area contributed by atoms with Crippen LogP contribution in [0.15, 0.2) is 77.7 Å². The van der Waals surface area contributed by atoms with Crippen LogP contribution in [-0.4, -0.2) is 40.4 Å². The van der Waals surface area contributed by atoms with Gasteiger partial charge in [0, 0.05) is 26.7 Å². The molecule has 0 aliphatic rings. The van der Waals surface area contributed by atoms with Crippen LogP contribution in [0.25, 0.3) is 0 Å². The van der Waals surface area contributed by atoms with Crippen LogP contribution >= 0.6 is 0 Å². The molecule has 3 aromatic carbocycles. The van der Waals surface area contributed by atoms with E-state index in [-0.39, 0.29) is 10.8 Å². The average Bonchev–Trinajstić information content (AvgIpc) is 2.77. The normalized spacial score (nSPS) is 11.1. The zero-order valence-electron chi connectivity index (χ0n) is 18.1. The molecule has 0 radical (unpaired) electrons. The van der Waals surface area contributed by atoms with E-state index in [0.717, 1.165) is 11.1 Å². The van der Waals surface area contributed by atoms with E-state index in [0.29, 0.717) is 23.6 Å². The van der Waals surface area contributed by atoms with E-state index in [1.165, 1.54) is 16.3 Å². The quantitative estimate of drug-likeness (QED) is 0.557. The highest BCUT2D eigenvalue weighted by Crippen LogP contribution is 2.25. The van der Waals surface area contributed by atoms with Gasteiger partial charge in [-0.3, -0.25) is 9.10 Å². The number of anilines is 1. The lowest BCUT2D eigenvalue weighted by Crippen LogP contribution is -2.26. The maximum atomic E-state index is 12.8. The van der Waals surface area contributed by atoms with Gasteiger partial charge in [0.2, 0.25) is 0 Å². The lowest BCUT2D eigenvalue weighted by atomic mass is 10.1. The highest BCUT2D eigenvalue weighted by molar-refractivity contribution is 7.92. The summed E-state index contributed by atoms with van der Waals surface area (Å²) in [4.78, 5) is 13.7. The summed E-state index contributed by atoms with van der Waals surface area (Å²) in [5, 5.41) is 0. The number of aryl methyl sites for hydroxylation is 1. The van der Waals surface area contributed by atoms with Crippen molar-refractivity contribution in [1.29, 1.82) is 0 Å². The number of amides is 1. The fourth-order valence-electron chi connectivity index (χ4n) is 2.93. The van der Waals surface area contributed by atoms with Crippen molar-refractivity contribution in [3.05, 3.63) is 89.5 Å². The summed E-state index contributed by atoms with van der Waals surface area (Å²) >= 11 is 0. The minimum absolute atomic E-state index is 0.0484. The zero-order chi connectivity index (χ0) is 22.6. The van der Waals surface area contributed by atoms with Crippen LogP contribution in [0.2, 0.25) is 0 Å². The molecule has 0 spiro atoms. The Morgan fingerprint density at radius 2 is 1.42 bits per heavy atom. The molecule has 0 saturated carbocycles. The fourth-order valence-corrected chi connectivity index (χ4v) is 4.12. The Labute approximate surface area is 183 Å². The predicted octanol–water partition coefficient (Wildman–Crippen LogP) is 4.10. The summed E-state index contributed by atoms with van der Waals surface area (Å²) in [6.07, 6.45) is 0. The summed E-state index contributed by atoms with van der Waals surface area (Å²) in [6.45, 7) is 2.25. The first-order chi connectivity index (χ1) is 14.7. The molecule has 0 aliphatic carbocycles. The van der Waals surface area contributed by atoms with Crippen molar-refractivity contribution in [2.45, 2.75) is 18.4 Å². The molecule has 0 saturated heterocycles. The Kier molecular flexibility index (Phi) is 6.65. The standard InChI is InChI=1S/C24H26N2O4S/c1-18-5-15-23(16-6-18)31(28,29)26(4)21-11-13-22(14-12-21)30-17-19-7-9-20(10-8-19)24(27)25(2)3/h5-16H,17H2,1-4H3. The maximum absolute atomic E-state index is 12.8. The summed E-state index contributed by atoms with van der Waals surface area (Å²) in [5.74, 6) is 0.575. The van der Waals surface area contributed by atoms with E-state index in [1.54, 1.807) is 74.8 Å². The molecule has 0 unspecified atom stereocenters. The maximum Gasteiger partial charge on any atom is 0.264 e. The summed E-state index contributed by atoms with van der Waals surface area (Å²) in [6, 6.07) is 20.9. The van der Waals surface area contributed by atoms with Crippen LogP contribution in [0.4, 0.5) is 5.69 Å². The van der Waals surface area contributed by atoms with Crippen LogP contribution in [0, 0.1) is 6.92 Å². The number of rotatable bonds is 7. The summed E-state index contributed by atoms with van der Waals surface area (Å²) < 4.78 is 32.7. The molecule has 0 heterocycles. The number of hydrogen-bond acceptors (Lipinski definition) is 4. The zero-order valence-corrected chi connectivity index (χ0v) is 18.9. The molecule has 162 valence electrons. The topological polar surface area (TPSA) is 66.9 Å². The molecule has 31 heavy (non-hydrogen) atoms. The highest BCUT2D eigenvalue weighted by atomic mass is 32.2. The molecule has 0 fully saturated rings. The van der Waals surface area contributed by atoms with E-state index in [4.69, 9.17) is 4.74 Å². The molecule has 7 heteroatoms. The van der Waals surface area contributed by atoms with E-state index in [1.807, 2.05) is 19.1 Å². The second kappa shape index (κ2) is 9.22. The third-order valence-electron chi connectivity index (χ3n) is 4.89. The van der Waals surface area contributed by atoms with Crippen LogP contribution in [0.5, 0.6) is 5.75 Å². The van der Waals surface area contributed by atoms with Crippen molar-refractivity contribution in [2.24, 2.45) is 0 Å². The Morgan fingerprint density at radius 3 is 1.97 bits per heavy atom. The first kappa shape index (κ1) is 22.4. The number of carbonyl (C=O) groups excluding carboxylic acids is 1. The Morgan fingerprint density at radius 1 is 0.839 bits per heavy atom. The van der Waals surface area contributed by atoms with E-state index in [9.17, 15) is 13.2 Å². The van der Waals surface area contributed by atoms with Gasteiger partial charge in [0.1, 0.15) is 12.4 Å². The Balaban J connectivity index is 1.65. The second-order valence-electron chi connectivity index (χ2n) is 7.46. The summed E-state index contributed by atoms with van der Waals surface area (Å²) in [7, 11) is 1.33. The number of benzene rings is 3. The molecule has 0 atom stereocenters. The van der Waals surface area contributed by atoms with E-state index < -0.39 is 10.0 Å². The third-order valence-corrected chi connectivity index (χ3v) is 6.69. The van der Waals surface area contributed by atoms with Crippen molar-refractivity contribution in [2.75, 3.05) is 25.4 Å². The third kappa shape index (κ3) is 5.24.